The van der Waals surface area contributed by atoms with Gasteiger partial charge in [-0.1, -0.05) is 25.0 Å². The van der Waals surface area contributed by atoms with Crippen LogP contribution in [0.5, 0.6) is 0 Å². The molecule has 0 rings (SSSR count). The minimum Gasteiger partial charge on any atom is -0.481 e. The van der Waals surface area contributed by atoms with E-state index in [9.17, 15) is 4.79 Å². The largest absolute Gasteiger partial charge is 0.481 e. The molecule has 1 N–H and O–H groups in total. The van der Waals surface area contributed by atoms with E-state index in [1.165, 1.54) is 0 Å². The highest BCUT2D eigenvalue weighted by Gasteiger charge is 2.12. The van der Waals surface area contributed by atoms with Crippen molar-refractivity contribution in [3.8, 4) is 12.3 Å². The zero-order valence-electron chi connectivity index (χ0n) is 8.21. The molecule has 2 nitrogen and oxygen atoms in total. The van der Waals surface area contributed by atoms with Crippen LogP contribution in [0.4, 0.5) is 0 Å². The van der Waals surface area contributed by atoms with E-state index in [4.69, 9.17) is 11.5 Å². The van der Waals surface area contributed by atoms with Crippen LogP contribution in [0, 0.1) is 18.3 Å². The maximum atomic E-state index is 10.7. The number of carbonyl (C=O) groups is 1. The zero-order chi connectivity index (χ0) is 10.3. The monoisotopic (exact) mass is 180 g/mol. The first-order chi connectivity index (χ1) is 6.11. The normalized spacial score (nSPS) is 13.5. The van der Waals surface area contributed by atoms with E-state index in [1.54, 1.807) is 6.08 Å². The average Bonchev–Trinajstić information content (AvgIpc) is 2.04. The van der Waals surface area contributed by atoms with Gasteiger partial charge >= 0.3 is 5.97 Å². The lowest BCUT2D eigenvalue weighted by atomic mass is 10.0. The average molecular weight is 180 g/mol. The first-order valence-electron chi connectivity index (χ1n) is 4.45. The first kappa shape index (κ1) is 11.8. The van der Waals surface area contributed by atoms with E-state index in [2.05, 4.69) is 12.8 Å². The Bertz CT molecular complexity index is 233. The zero-order valence-corrected chi connectivity index (χ0v) is 8.21. The van der Waals surface area contributed by atoms with Gasteiger partial charge in [0.15, 0.2) is 0 Å². The number of rotatable bonds is 5. The molecule has 0 bridgehead atoms. The van der Waals surface area contributed by atoms with Gasteiger partial charge in [-0.25, -0.2) is 0 Å². The summed E-state index contributed by atoms with van der Waals surface area (Å²) in [5.74, 6) is 1.01. The van der Waals surface area contributed by atoms with Crippen molar-refractivity contribution in [2.24, 2.45) is 5.92 Å². The second kappa shape index (κ2) is 6.30. The molecule has 0 amide bonds. The summed E-state index contributed by atoms with van der Waals surface area (Å²) in [5, 5.41) is 8.78. The van der Waals surface area contributed by atoms with E-state index in [-0.39, 0.29) is 6.42 Å². The maximum Gasteiger partial charge on any atom is 0.311 e. The van der Waals surface area contributed by atoms with Crippen molar-refractivity contribution < 1.29 is 9.90 Å². The molecule has 0 aromatic rings. The van der Waals surface area contributed by atoms with Crippen LogP contribution < -0.4 is 0 Å². The van der Waals surface area contributed by atoms with Crippen LogP contribution in [0.1, 0.15) is 33.1 Å². The molecule has 0 aromatic heterocycles. The summed E-state index contributed by atoms with van der Waals surface area (Å²) in [6.45, 7) is 4.00. The highest BCUT2D eigenvalue weighted by Crippen LogP contribution is 2.11. The van der Waals surface area contributed by atoms with Gasteiger partial charge in [0.05, 0.1) is 5.92 Å². The van der Waals surface area contributed by atoms with Crippen molar-refractivity contribution in [2.75, 3.05) is 0 Å². The summed E-state index contributed by atoms with van der Waals surface area (Å²) in [4.78, 5) is 10.7. The highest BCUT2D eigenvalue weighted by atomic mass is 16.4. The number of hydrogen-bond acceptors (Lipinski definition) is 1. The van der Waals surface area contributed by atoms with E-state index < -0.39 is 11.9 Å². The number of carboxylic acids is 1. The molecule has 1 atom stereocenters. The van der Waals surface area contributed by atoms with Crippen molar-refractivity contribution in [2.45, 2.75) is 33.1 Å². The van der Waals surface area contributed by atoms with Gasteiger partial charge in [0.1, 0.15) is 0 Å². The predicted octanol–water partition coefficient (Wildman–Crippen LogP) is 2.46. The van der Waals surface area contributed by atoms with Gasteiger partial charge in [0.25, 0.3) is 0 Å². The molecule has 2 heteroatoms. The lowest BCUT2D eigenvalue weighted by molar-refractivity contribution is -0.139. The molecule has 0 spiro atoms. The smallest absolute Gasteiger partial charge is 0.311 e. The van der Waals surface area contributed by atoms with E-state index in [0.717, 1.165) is 18.4 Å². The Kier molecular flexibility index (Phi) is 5.71. The third-order valence-corrected chi connectivity index (χ3v) is 1.79. The minimum absolute atomic E-state index is 0.274. The molecule has 0 aliphatic carbocycles. The fourth-order valence-corrected chi connectivity index (χ4v) is 1.17. The van der Waals surface area contributed by atoms with Crippen molar-refractivity contribution in [1.82, 2.24) is 0 Å². The van der Waals surface area contributed by atoms with Crippen LogP contribution in [-0.2, 0) is 4.79 Å². The third-order valence-electron chi connectivity index (χ3n) is 1.79. The van der Waals surface area contributed by atoms with Crippen LogP contribution in [0.3, 0.4) is 0 Å². The second-order valence-corrected chi connectivity index (χ2v) is 3.12. The highest BCUT2D eigenvalue weighted by molar-refractivity contribution is 5.72. The molecule has 72 valence electrons. The van der Waals surface area contributed by atoms with Gasteiger partial charge in [0, 0.05) is 6.42 Å². The first-order valence-corrected chi connectivity index (χ1v) is 4.45. The standard InChI is InChI=1S/C11H16O2/c1-4-6-9(3)8-10(7-5-2)11(12)13/h2,8,10H,4,6-7H2,1,3H3,(H,12,13). The van der Waals surface area contributed by atoms with Crippen LogP contribution in [-0.4, -0.2) is 11.1 Å². The molecular formula is C11H16O2. The van der Waals surface area contributed by atoms with Gasteiger partial charge in [-0.3, -0.25) is 4.79 Å². The Morgan fingerprint density at radius 2 is 2.31 bits per heavy atom. The number of allylic oxidation sites excluding steroid dienone is 1. The summed E-state index contributed by atoms with van der Waals surface area (Å²) < 4.78 is 0. The third kappa shape index (κ3) is 5.08. The van der Waals surface area contributed by atoms with Crippen molar-refractivity contribution in [3.05, 3.63) is 11.6 Å². The number of terminal acetylenes is 1. The fourth-order valence-electron chi connectivity index (χ4n) is 1.17. The van der Waals surface area contributed by atoms with Gasteiger partial charge in [-0.2, -0.15) is 0 Å². The molecule has 0 aliphatic rings. The molecule has 0 fully saturated rings. The lowest BCUT2D eigenvalue weighted by Gasteiger charge is -2.05. The lowest BCUT2D eigenvalue weighted by Crippen LogP contribution is -2.10. The summed E-state index contributed by atoms with van der Waals surface area (Å²) in [6.07, 6.45) is 9.08. The molecule has 0 aromatic carbocycles. The number of aliphatic carboxylic acids is 1. The fraction of sp³-hybridized carbons (Fsp3) is 0.545. The molecule has 1 unspecified atom stereocenters. The quantitative estimate of drug-likeness (QED) is 0.521. The van der Waals surface area contributed by atoms with Gasteiger partial charge in [0.2, 0.25) is 0 Å². The number of hydrogen-bond donors (Lipinski definition) is 1. The van der Waals surface area contributed by atoms with E-state index in [0.29, 0.717) is 0 Å². The number of carboxylic acid groups (broad SMARTS) is 1. The summed E-state index contributed by atoms with van der Waals surface area (Å²) in [7, 11) is 0. The van der Waals surface area contributed by atoms with Crippen LogP contribution in [0.15, 0.2) is 11.6 Å². The molecule has 0 aliphatic heterocycles. The van der Waals surface area contributed by atoms with E-state index in [1.807, 2.05) is 6.92 Å². The Balaban J connectivity index is 4.32. The molecule has 13 heavy (non-hydrogen) atoms. The SMILES string of the molecule is C#CCC(C=C(C)CCC)C(=O)O. The van der Waals surface area contributed by atoms with Gasteiger partial charge in [-0.05, 0) is 13.3 Å². The molecule has 0 heterocycles. The van der Waals surface area contributed by atoms with Crippen LogP contribution >= 0.6 is 0 Å². The Labute approximate surface area is 79.7 Å². The molecular weight excluding hydrogens is 164 g/mol. The minimum atomic E-state index is -0.839. The Hall–Kier alpha value is -1.23. The molecule has 0 saturated carbocycles. The maximum absolute atomic E-state index is 10.7. The summed E-state index contributed by atoms with van der Waals surface area (Å²) >= 11 is 0. The summed E-state index contributed by atoms with van der Waals surface area (Å²) in [6, 6.07) is 0. The molecule has 0 saturated heterocycles. The van der Waals surface area contributed by atoms with Gasteiger partial charge in [-0.15, -0.1) is 12.3 Å². The van der Waals surface area contributed by atoms with Crippen molar-refractivity contribution >= 4 is 5.97 Å². The Morgan fingerprint density at radius 1 is 1.69 bits per heavy atom. The van der Waals surface area contributed by atoms with Crippen molar-refractivity contribution in [1.29, 1.82) is 0 Å². The van der Waals surface area contributed by atoms with E-state index >= 15 is 0 Å². The second-order valence-electron chi connectivity index (χ2n) is 3.12. The van der Waals surface area contributed by atoms with Crippen molar-refractivity contribution in [3.63, 3.8) is 0 Å². The predicted molar refractivity (Wildman–Crippen MR) is 53.2 cm³/mol. The summed E-state index contributed by atoms with van der Waals surface area (Å²) in [5.41, 5.74) is 1.10. The van der Waals surface area contributed by atoms with Crippen LogP contribution in [0.2, 0.25) is 0 Å². The topological polar surface area (TPSA) is 37.3 Å². The molecule has 0 radical (unpaired) electrons. The Morgan fingerprint density at radius 3 is 2.69 bits per heavy atom. The van der Waals surface area contributed by atoms with Crippen LogP contribution in [0.25, 0.3) is 0 Å². The van der Waals surface area contributed by atoms with Gasteiger partial charge < -0.3 is 5.11 Å².